The zero-order chi connectivity index (χ0) is 15.6. The molecule has 0 fully saturated rings. The first kappa shape index (κ1) is 14.4. The van der Waals surface area contributed by atoms with Gasteiger partial charge in [0, 0.05) is 5.56 Å². The lowest BCUT2D eigenvalue weighted by molar-refractivity contribution is 0.464. The Morgan fingerprint density at radius 2 is 1.45 bits per heavy atom. The Kier molecular flexibility index (Phi) is 3.69. The zero-order valence-corrected chi connectivity index (χ0v) is 12.6. The molecule has 3 aromatic rings. The number of benzene rings is 3. The van der Waals surface area contributed by atoms with Gasteiger partial charge < -0.3 is 4.18 Å². The SMILES string of the molecule is C=C(OS(=O)(=O)c1ccc2ccccc2c1)c1ccccc1. The first-order chi connectivity index (χ1) is 10.6. The summed E-state index contributed by atoms with van der Waals surface area (Å²) in [5, 5.41) is 1.82. The highest BCUT2D eigenvalue weighted by atomic mass is 32.2. The Morgan fingerprint density at radius 3 is 2.18 bits per heavy atom. The van der Waals surface area contributed by atoms with E-state index >= 15 is 0 Å². The summed E-state index contributed by atoms with van der Waals surface area (Å²) in [5.41, 5.74) is 0.631. The van der Waals surface area contributed by atoms with E-state index in [1.54, 1.807) is 36.4 Å². The molecule has 0 aliphatic rings. The maximum atomic E-state index is 12.4. The Bertz CT molecular complexity index is 929. The van der Waals surface area contributed by atoms with Gasteiger partial charge in [-0.15, -0.1) is 0 Å². The summed E-state index contributed by atoms with van der Waals surface area (Å²) in [6, 6.07) is 21.4. The van der Waals surface area contributed by atoms with Crippen LogP contribution in [0.5, 0.6) is 0 Å². The standard InChI is InChI=1S/C18H14O3S/c1-14(15-7-3-2-4-8-15)21-22(19,20)18-12-11-16-9-5-6-10-17(16)13-18/h2-13H,1H2. The van der Waals surface area contributed by atoms with Crippen molar-refractivity contribution in [1.29, 1.82) is 0 Å². The Balaban J connectivity index is 1.93. The number of rotatable bonds is 4. The highest BCUT2D eigenvalue weighted by Crippen LogP contribution is 2.24. The highest BCUT2D eigenvalue weighted by Gasteiger charge is 2.18. The largest absolute Gasteiger partial charge is 0.379 e. The molecule has 0 radical (unpaired) electrons. The first-order valence-corrected chi connectivity index (χ1v) is 8.15. The lowest BCUT2D eigenvalue weighted by Crippen LogP contribution is -2.05. The van der Waals surface area contributed by atoms with Crippen LogP contribution in [0.2, 0.25) is 0 Å². The van der Waals surface area contributed by atoms with Gasteiger partial charge >= 0.3 is 10.1 Å². The molecule has 0 N–H and O–H groups in total. The second-order valence-corrected chi connectivity index (χ2v) is 6.38. The maximum Gasteiger partial charge on any atom is 0.339 e. The predicted octanol–water partition coefficient (Wildman–Crippen LogP) is 4.22. The molecule has 0 saturated carbocycles. The molecule has 22 heavy (non-hydrogen) atoms. The van der Waals surface area contributed by atoms with Gasteiger partial charge in [-0.25, -0.2) is 0 Å². The van der Waals surface area contributed by atoms with Crippen molar-refractivity contribution in [3.8, 4) is 0 Å². The van der Waals surface area contributed by atoms with Crippen LogP contribution < -0.4 is 0 Å². The monoisotopic (exact) mass is 310 g/mol. The molecule has 4 heteroatoms. The van der Waals surface area contributed by atoms with E-state index in [2.05, 4.69) is 6.58 Å². The predicted molar refractivity (Wildman–Crippen MR) is 87.7 cm³/mol. The Hall–Kier alpha value is -2.59. The van der Waals surface area contributed by atoms with Crippen LogP contribution in [0.3, 0.4) is 0 Å². The lowest BCUT2D eigenvalue weighted by Gasteiger charge is -2.10. The van der Waals surface area contributed by atoms with Crippen molar-refractivity contribution in [3.63, 3.8) is 0 Å². The van der Waals surface area contributed by atoms with Crippen molar-refractivity contribution in [3.05, 3.63) is 84.9 Å². The van der Waals surface area contributed by atoms with Crippen molar-refractivity contribution in [2.75, 3.05) is 0 Å². The molecule has 0 spiro atoms. The molecule has 0 aliphatic carbocycles. The van der Waals surface area contributed by atoms with Crippen LogP contribution in [0.15, 0.2) is 84.3 Å². The van der Waals surface area contributed by atoms with Crippen molar-refractivity contribution in [1.82, 2.24) is 0 Å². The van der Waals surface area contributed by atoms with Crippen LogP contribution in [0.4, 0.5) is 0 Å². The second kappa shape index (κ2) is 5.66. The third-order valence-electron chi connectivity index (χ3n) is 3.32. The number of hydrogen-bond acceptors (Lipinski definition) is 3. The van der Waals surface area contributed by atoms with E-state index in [0.717, 1.165) is 10.8 Å². The minimum Gasteiger partial charge on any atom is -0.379 e. The van der Waals surface area contributed by atoms with Crippen molar-refractivity contribution in [2.24, 2.45) is 0 Å². The average molecular weight is 310 g/mol. The van der Waals surface area contributed by atoms with Crippen LogP contribution in [-0.4, -0.2) is 8.42 Å². The Morgan fingerprint density at radius 1 is 0.818 bits per heavy atom. The van der Waals surface area contributed by atoms with E-state index in [1.807, 2.05) is 30.3 Å². The molecule has 3 rings (SSSR count). The quantitative estimate of drug-likeness (QED) is 0.535. The first-order valence-electron chi connectivity index (χ1n) is 6.74. The normalized spacial score (nSPS) is 11.3. The van der Waals surface area contributed by atoms with Gasteiger partial charge in [-0.1, -0.05) is 67.2 Å². The van der Waals surface area contributed by atoms with Crippen LogP contribution in [-0.2, 0) is 14.3 Å². The van der Waals surface area contributed by atoms with Crippen LogP contribution >= 0.6 is 0 Å². The molecule has 0 saturated heterocycles. The van der Waals surface area contributed by atoms with Gasteiger partial charge in [0.05, 0.1) is 0 Å². The lowest BCUT2D eigenvalue weighted by atomic mass is 10.1. The van der Waals surface area contributed by atoms with Gasteiger partial charge in [-0.2, -0.15) is 8.42 Å². The summed E-state index contributed by atoms with van der Waals surface area (Å²) in [7, 11) is -3.90. The second-order valence-electron chi connectivity index (χ2n) is 4.84. The summed E-state index contributed by atoms with van der Waals surface area (Å²) in [4.78, 5) is 0.114. The zero-order valence-electron chi connectivity index (χ0n) is 11.8. The summed E-state index contributed by atoms with van der Waals surface area (Å²) >= 11 is 0. The molecule has 0 aromatic heterocycles. The van der Waals surface area contributed by atoms with Gasteiger partial charge in [0.25, 0.3) is 0 Å². The summed E-state index contributed by atoms with van der Waals surface area (Å²) in [5.74, 6) is 0.105. The van der Waals surface area contributed by atoms with E-state index < -0.39 is 10.1 Å². The fourth-order valence-corrected chi connectivity index (χ4v) is 3.14. The molecular formula is C18H14O3S. The molecule has 0 heterocycles. The molecule has 0 aliphatic heterocycles. The van der Waals surface area contributed by atoms with E-state index in [1.165, 1.54) is 6.07 Å². The third-order valence-corrected chi connectivity index (χ3v) is 4.57. The summed E-state index contributed by atoms with van der Waals surface area (Å²) < 4.78 is 29.9. The van der Waals surface area contributed by atoms with E-state index in [9.17, 15) is 8.42 Å². The molecule has 3 aromatic carbocycles. The van der Waals surface area contributed by atoms with E-state index in [-0.39, 0.29) is 10.7 Å². The topological polar surface area (TPSA) is 43.4 Å². The third kappa shape index (κ3) is 2.87. The minimum absolute atomic E-state index is 0.105. The molecule has 0 amide bonds. The molecule has 3 nitrogen and oxygen atoms in total. The van der Waals surface area contributed by atoms with Crippen molar-refractivity contribution >= 4 is 26.6 Å². The van der Waals surface area contributed by atoms with Gasteiger partial charge in [-0.05, 0) is 22.9 Å². The number of hydrogen-bond donors (Lipinski definition) is 0. The van der Waals surface area contributed by atoms with Crippen LogP contribution in [0, 0.1) is 0 Å². The van der Waals surface area contributed by atoms with Crippen LogP contribution in [0.25, 0.3) is 16.5 Å². The summed E-state index contributed by atoms with van der Waals surface area (Å²) in [6.07, 6.45) is 0. The summed E-state index contributed by atoms with van der Waals surface area (Å²) in [6.45, 7) is 3.70. The molecule has 0 unspecified atom stereocenters. The van der Waals surface area contributed by atoms with E-state index in [4.69, 9.17) is 4.18 Å². The average Bonchev–Trinajstić information content (AvgIpc) is 2.55. The smallest absolute Gasteiger partial charge is 0.339 e. The maximum absolute atomic E-state index is 12.4. The van der Waals surface area contributed by atoms with Gasteiger partial charge in [0.15, 0.2) is 0 Å². The molecule has 0 atom stereocenters. The fraction of sp³-hybridized carbons (Fsp3) is 0. The fourth-order valence-electron chi connectivity index (χ4n) is 2.18. The van der Waals surface area contributed by atoms with E-state index in [0.29, 0.717) is 5.56 Å². The van der Waals surface area contributed by atoms with Gasteiger partial charge in [0.1, 0.15) is 10.7 Å². The van der Waals surface area contributed by atoms with Crippen molar-refractivity contribution < 1.29 is 12.6 Å². The van der Waals surface area contributed by atoms with Gasteiger partial charge in [-0.3, -0.25) is 0 Å². The molecule has 110 valence electrons. The van der Waals surface area contributed by atoms with Crippen molar-refractivity contribution in [2.45, 2.75) is 4.90 Å². The van der Waals surface area contributed by atoms with Crippen LogP contribution in [0.1, 0.15) is 5.56 Å². The van der Waals surface area contributed by atoms with Gasteiger partial charge in [0.2, 0.25) is 0 Å². The molecular weight excluding hydrogens is 296 g/mol. The number of fused-ring (bicyclic) bond motifs is 1. The highest BCUT2D eigenvalue weighted by molar-refractivity contribution is 7.87. The Labute approximate surface area is 129 Å². The minimum atomic E-state index is -3.90. The molecule has 0 bridgehead atoms.